The molecule has 6 nitrogen and oxygen atoms in total. The van der Waals surface area contributed by atoms with Gasteiger partial charge in [0.1, 0.15) is 17.7 Å². The smallest absolute Gasteiger partial charge is 0.141 e. The number of ether oxygens (including phenoxy) is 1. The van der Waals surface area contributed by atoms with Crippen molar-refractivity contribution in [1.82, 2.24) is 9.97 Å². The second-order valence-electron chi connectivity index (χ2n) is 7.67. The summed E-state index contributed by atoms with van der Waals surface area (Å²) in [6.07, 6.45) is 2.53. The fourth-order valence-corrected chi connectivity index (χ4v) is 4.33. The summed E-state index contributed by atoms with van der Waals surface area (Å²) < 4.78 is 6.15. The molecule has 1 aliphatic carbocycles. The van der Waals surface area contributed by atoms with Gasteiger partial charge in [0, 0.05) is 25.0 Å². The lowest BCUT2D eigenvalue weighted by Gasteiger charge is -2.35. The molecule has 0 radical (unpaired) electrons. The number of pyridine rings is 2. The average molecular weight is 364 g/mol. The molecule has 3 heterocycles. The van der Waals surface area contributed by atoms with Gasteiger partial charge in [-0.15, -0.1) is 0 Å². The van der Waals surface area contributed by atoms with E-state index in [9.17, 15) is 5.11 Å². The zero-order valence-electron chi connectivity index (χ0n) is 15.7. The molecule has 1 aliphatic heterocycles. The van der Waals surface area contributed by atoms with Crippen LogP contribution in [-0.2, 0) is 0 Å². The van der Waals surface area contributed by atoms with Crippen LogP contribution in [0.4, 0.5) is 5.82 Å². The first-order valence-electron chi connectivity index (χ1n) is 9.43. The van der Waals surface area contributed by atoms with Gasteiger partial charge in [0.15, 0.2) is 0 Å². The Morgan fingerprint density at radius 1 is 1.19 bits per heavy atom. The van der Waals surface area contributed by atoms with E-state index in [4.69, 9.17) is 10.00 Å². The molecule has 0 bridgehead atoms. The van der Waals surface area contributed by atoms with E-state index >= 15 is 0 Å². The Morgan fingerprint density at radius 2 is 1.96 bits per heavy atom. The highest BCUT2D eigenvalue weighted by atomic mass is 16.5. The molecule has 6 heteroatoms. The molecule has 2 fully saturated rings. The number of nitrogens with zero attached hydrogens (tertiary/aromatic N) is 4. The maximum absolute atomic E-state index is 10.6. The van der Waals surface area contributed by atoms with Gasteiger partial charge in [0.2, 0.25) is 0 Å². The maximum atomic E-state index is 10.6. The van der Waals surface area contributed by atoms with E-state index in [2.05, 4.69) is 20.9 Å². The topological polar surface area (TPSA) is 82.3 Å². The van der Waals surface area contributed by atoms with E-state index in [0.29, 0.717) is 17.4 Å². The van der Waals surface area contributed by atoms with Crippen molar-refractivity contribution in [2.75, 3.05) is 18.0 Å². The summed E-state index contributed by atoms with van der Waals surface area (Å²) in [7, 11) is 0. The first-order chi connectivity index (χ1) is 13.0. The number of rotatable bonds is 3. The Labute approximate surface area is 159 Å². The van der Waals surface area contributed by atoms with Gasteiger partial charge in [-0.2, -0.15) is 5.26 Å². The lowest BCUT2D eigenvalue weighted by Crippen LogP contribution is -2.42. The summed E-state index contributed by atoms with van der Waals surface area (Å²) in [5, 5.41) is 19.7. The highest BCUT2D eigenvalue weighted by molar-refractivity contribution is 5.46. The second-order valence-corrected chi connectivity index (χ2v) is 7.67. The largest absolute Gasteiger partial charge is 0.486 e. The van der Waals surface area contributed by atoms with Crippen LogP contribution in [0.15, 0.2) is 30.5 Å². The molecule has 4 rings (SSSR count). The summed E-state index contributed by atoms with van der Waals surface area (Å²) in [5.41, 5.74) is 2.44. The Hall–Kier alpha value is -2.65. The molecule has 4 atom stereocenters. The molecule has 0 aromatic carbocycles. The van der Waals surface area contributed by atoms with E-state index < -0.39 is 6.10 Å². The standard InChI is InChI=1S/C21H24N4O2/c1-13-3-4-19(14(2)24-13)27-20-9-17-12-25(11-16(17)8-18(20)26)21-7-15(10-22)5-6-23-21/h3-7,16-18,20,26H,8-9,11-12H2,1-2H3/t16-,17+,18+,20+/m0/s1. The number of hydrogen-bond donors (Lipinski definition) is 1. The predicted octanol–water partition coefficient (Wildman–Crippen LogP) is 2.62. The van der Waals surface area contributed by atoms with E-state index in [1.54, 1.807) is 12.3 Å². The molecule has 140 valence electrons. The highest BCUT2D eigenvalue weighted by Crippen LogP contribution is 2.39. The van der Waals surface area contributed by atoms with Crippen LogP contribution in [-0.4, -0.2) is 40.4 Å². The van der Waals surface area contributed by atoms with Crippen molar-refractivity contribution in [3.8, 4) is 11.8 Å². The summed E-state index contributed by atoms with van der Waals surface area (Å²) >= 11 is 0. The normalized spacial score (nSPS) is 27.1. The summed E-state index contributed by atoms with van der Waals surface area (Å²) in [6, 6.07) is 9.60. The van der Waals surface area contributed by atoms with E-state index in [1.807, 2.05) is 32.0 Å². The van der Waals surface area contributed by atoms with Crippen LogP contribution in [0.5, 0.6) is 5.75 Å². The maximum Gasteiger partial charge on any atom is 0.141 e. The number of nitriles is 1. The molecule has 0 amide bonds. The lowest BCUT2D eigenvalue weighted by atomic mass is 9.78. The van der Waals surface area contributed by atoms with Crippen LogP contribution in [0.3, 0.4) is 0 Å². The van der Waals surface area contributed by atoms with Gasteiger partial charge in [0.25, 0.3) is 0 Å². The Morgan fingerprint density at radius 3 is 2.70 bits per heavy atom. The van der Waals surface area contributed by atoms with Crippen LogP contribution in [0.1, 0.15) is 29.8 Å². The molecule has 1 saturated carbocycles. The molecule has 2 aliphatic rings. The van der Waals surface area contributed by atoms with Crippen molar-refractivity contribution in [3.05, 3.63) is 47.4 Å². The Kier molecular flexibility index (Phi) is 4.71. The highest BCUT2D eigenvalue weighted by Gasteiger charge is 2.43. The molecule has 2 aromatic rings. The van der Waals surface area contributed by atoms with Crippen molar-refractivity contribution in [3.63, 3.8) is 0 Å². The van der Waals surface area contributed by atoms with Crippen molar-refractivity contribution in [2.24, 2.45) is 11.8 Å². The number of anilines is 1. The van der Waals surface area contributed by atoms with Crippen LogP contribution in [0.2, 0.25) is 0 Å². The first kappa shape index (κ1) is 17.7. The van der Waals surface area contributed by atoms with Crippen LogP contribution in [0.25, 0.3) is 0 Å². The first-order valence-corrected chi connectivity index (χ1v) is 9.43. The third-order valence-corrected chi connectivity index (χ3v) is 5.74. The summed E-state index contributed by atoms with van der Waals surface area (Å²) in [6.45, 7) is 5.64. The minimum Gasteiger partial charge on any atom is -0.486 e. The molecule has 2 aromatic heterocycles. The third kappa shape index (κ3) is 3.60. The van der Waals surface area contributed by atoms with Gasteiger partial charge in [0.05, 0.1) is 23.4 Å². The molecule has 1 N–H and O–H groups in total. The second kappa shape index (κ2) is 7.16. The molecular formula is C21H24N4O2. The van der Waals surface area contributed by atoms with Crippen molar-refractivity contribution in [1.29, 1.82) is 5.26 Å². The average Bonchev–Trinajstić information content (AvgIpc) is 3.07. The number of aliphatic hydroxyl groups excluding tert-OH is 1. The molecule has 1 saturated heterocycles. The van der Waals surface area contributed by atoms with Crippen molar-refractivity contribution >= 4 is 5.82 Å². The predicted molar refractivity (Wildman–Crippen MR) is 102 cm³/mol. The Bertz CT molecular complexity index is 879. The van der Waals surface area contributed by atoms with E-state index in [1.165, 1.54) is 0 Å². The number of hydrogen-bond acceptors (Lipinski definition) is 6. The van der Waals surface area contributed by atoms with Gasteiger partial charge in [-0.25, -0.2) is 4.98 Å². The monoisotopic (exact) mass is 364 g/mol. The van der Waals surface area contributed by atoms with Crippen LogP contribution < -0.4 is 9.64 Å². The minimum atomic E-state index is -0.481. The molecule has 0 unspecified atom stereocenters. The quantitative estimate of drug-likeness (QED) is 0.901. The van der Waals surface area contributed by atoms with Gasteiger partial charge in [-0.1, -0.05) is 0 Å². The molecule has 27 heavy (non-hydrogen) atoms. The minimum absolute atomic E-state index is 0.215. The summed E-state index contributed by atoms with van der Waals surface area (Å²) in [4.78, 5) is 11.1. The lowest BCUT2D eigenvalue weighted by molar-refractivity contribution is -0.0236. The van der Waals surface area contributed by atoms with Gasteiger partial charge >= 0.3 is 0 Å². The summed E-state index contributed by atoms with van der Waals surface area (Å²) in [5.74, 6) is 2.46. The van der Waals surface area contributed by atoms with Crippen LogP contribution in [0, 0.1) is 37.0 Å². The van der Waals surface area contributed by atoms with Gasteiger partial charge in [-0.05, 0) is 62.8 Å². The zero-order valence-corrected chi connectivity index (χ0v) is 15.7. The zero-order chi connectivity index (χ0) is 19.0. The Balaban J connectivity index is 1.46. The molecule has 0 spiro atoms. The SMILES string of the molecule is Cc1ccc(O[C@@H]2C[C@@H]3CN(c4cc(C#N)ccn4)C[C@@H]3C[C@H]2O)c(C)n1. The van der Waals surface area contributed by atoms with E-state index in [-0.39, 0.29) is 6.10 Å². The number of aryl methyl sites for hydroxylation is 2. The van der Waals surface area contributed by atoms with Gasteiger partial charge in [-0.3, -0.25) is 4.98 Å². The van der Waals surface area contributed by atoms with Crippen molar-refractivity contribution in [2.45, 2.75) is 38.9 Å². The molecular weight excluding hydrogens is 340 g/mol. The fraction of sp³-hybridized carbons (Fsp3) is 0.476. The fourth-order valence-electron chi connectivity index (χ4n) is 4.33. The number of aliphatic hydroxyl groups is 1. The van der Waals surface area contributed by atoms with Crippen LogP contribution >= 0.6 is 0 Å². The number of aromatic nitrogens is 2. The third-order valence-electron chi connectivity index (χ3n) is 5.74. The van der Waals surface area contributed by atoms with Crippen molar-refractivity contribution < 1.29 is 9.84 Å². The van der Waals surface area contributed by atoms with Gasteiger partial charge < -0.3 is 14.7 Å². The number of fused-ring (bicyclic) bond motifs is 1. The van der Waals surface area contributed by atoms with E-state index in [0.717, 1.165) is 48.9 Å².